The summed E-state index contributed by atoms with van der Waals surface area (Å²) in [6, 6.07) is 17.3. The van der Waals surface area contributed by atoms with Gasteiger partial charge in [0.2, 0.25) is 5.91 Å². The first kappa shape index (κ1) is 18.1. The Balaban J connectivity index is 1.40. The van der Waals surface area contributed by atoms with Gasteiger partial charge in [-0.05, 0) is 40.5 Å². The summed E-state index contributed by atoms with van der Waals surface area (Å²) in [5.74, 6) is 1.33. The van der Waals surface area contributed by atoms with E-state index in [4.69, 9.17) is 0 Å². The third-order valence-corrected chi connectivity index (χ3v) is 6.58. The van der Waals surface area contributed by atoms with Crippen LogP contribution in [0.15, 0.2) is 61.2 Å². The number of rotatable bonds is 5. The van der Waals surface area contributed by atoms with Crippen LogP contribution < -0.4 is 5.32 Å². The van der Waals surface area contributed by atoms with Crippen molar-refractivity contribution in [3.63, 3.8) is 0 Å². The molecule has 1 aromatic heterocycles. The largest absolute Gasteiger partial charge is 0.354 e. The Hall–Kier alpha value is -2.95. The van der Waals surface area contributed by atoms with E-state index in [0.717, 1.165) is 6.42 Å². The standard InChI is InChI=1S/C24H26N4O/c1-15(2)23(28-14-25-13-27-28)24(29)26-12-16-11-21-17-7-3-5-9-19(17)22(16)20-10-6-4-8-18(20)21/h3-10,13-16,21-23H,11-12H2,1-2H3,(H,26,29)/t16-,21?,22?,23-/m1/s1. The van der Waals surface area contributed by atoms with Gasteiger partial charge in [-0.1, -0.05) is 62.4 Å². The van der Waals surface area contributed by atoms with Crippen molar-refractivity contribution in [1.29, 1.82) is 0 Å². The molecule has 5 heteroatoms. The van der Waals surface area contributed by atoms with Crippen molar-refractivity contribution in [1.82, 2.24) is 20.1 Å². The van der Waals surface area contributed by atoms with Crippen LogP contribution in [0, 0.1) is 11.8 Å². The third kappa shape index (κ3) is 2.96. The topological polar surface area (TPSA) is 59.8 Å². The second-order valence-electron chi connectivity index (χ2n) is 8.59. The summed E-state index contributed by atoms with van der Waals surface area (Å²) in [7, 11) is 0. The lowest BCUT2D eigenvalue weighted by Gasteiger charge is -2.45. The van der Waals surface area contributed by atoms with Crippen molar-refractivity contribution >= 4 is 5.91 Å². The van der Waals surface area contributed by atoms with Gasteiger partial charge in [0.25, 0.3) is 0 Å². The maximum atomic E-state index is 13.0. The maximum Gasteiger partial charge on any atom is 0.245 e. The van der Waals surface area contributed by atoms with Crippen LogP contribution in [-0.2, 0) is 4.79 Å². The van der Waals surface area contributed by atoms with Gasteiger partial charge in [-0.15, -0.1) is 0 Å². The van der Waals surface area contributed by atoms with Gasteiger partial charge in [0, 0.05) is 18.4 Å². The van der Waals surface area contributed by atoms with Crippen LogP contribution in [0.3, 0.4) is 0 Å². The Morgan fingerprint density at radius 1 is 1.07 bits per heavy atom. The molecule has 1 N–H and O–H groups in total. The Morgan fingerprint density at radius 2 is 1.69 bits per heavy atom. The van der Waals surface area contributed by atoms with Crippen LogP contribution in [0.25, 0.3) is 0 Å². The number of benzene rings is 2. The van der Waals surface area contributed by atoms with Crippen LogP contribution in [0.2, 0.25) is 0 Å². The fourth-order valence-electron chi connectivity index (χ4n) is 5.39. The molecule has 0 saturated heterocycles. The van der Waals surface area contributed by atoms with Crippen molar-refractivity contribution in [3.8, 4) is 0 Å². The molecule has 2 atom stereocenters. The van der Waals surface area contributed by atoms with E-state index in [1.54, 1.807) is 11.0 Å². The summed E-state index contributed by atoms with van der Waals surface area (Å²) in [6.45, 7) is 4.77. The third-order valence-electron chi connectivity index (χ3n) is 6.58. The van der Waals surface area contributed by atoms with Crippen molar-refractivity contribution < 1.29 is 4.79 Å². The summed E-state index contributed by atoms with van der Waals surface area (Å²) >= 11 is 0. The van der Waals surface area contributed by atoms with Gasteiger partial charge >= 0.3 is 0 Å². The van der Waals surface area contributed by atoms with Crippen LogP contribution in [0.5, 0.6) is 0 Å². The molecule has 1 amide bonds. The van der Waals surface area contributed by atoms with Crippen LogP contribution in [0.4, 0.5) is 0 Å². The van der Waals surface area contributed by atoms with Crippen molar-refractivity contribution in [2.24, 2.45) is 11.8 Å². The van der Waals surface area contributed by atoms with Gasteiger partial charge in [-0.25, -0.2) is 9.67 Å². The molecular weight excluding hydrogens is 360 g/mol. The molecule has 6 rings (SSSR count). The predicted molar refractivity (Wildman–Crippen MR) is 112 cm³/mol. The molecule has 5 nitrogen and oxygen atoms in total. The molecule has 0 saturated carbocycles. The Morgan fingerprint density at radius 3 is 2.24 bits per heavy atom. The summed E-state index contributed by atoms with van der Waals surface area (Å²) < 4.78 is 1.66. The number of fused-ring (bicyclic) bond motifs is 1. The highest BCUT2D eigenvalue weighted by Crippen LogP contribution is 2.55. The van der Waals surface area contributed by atoms with E-state index < -0.39 is 0 Å². The molecule has 1 heterocycles. The van der Waals surface area contributed by atoms with Crippen LogP contribution in [0.1, 0.15) is 60.4 Å². The van der Waals surface area contributed by atoms with Gasteiger partial charge in [-0.3, -0.25) is 4.79 Å². The first-order chi connectivity index (χ1) is 14.1. The summed E-state index contributed by atoms with van der Waals surface area (Å²) in [5, 5.41) is 7.44. The summed E-state index contributed by atoms with van der Waals surface area (Å²) in [6.07, 6.45) is 4.19. The number of carbonyl (C=O) groups is 1. The highest BCUT2D eigenvalue weighted by molar-refractivity contribution is 5.80. The van der Waals surface area contributed by atoms with Crippen molar-refractivity contribution in [2.45, 2.75) is 38.1 Å². The second kappa shape index (κ2) is 7.14. The van der Waals surface area contributed by atoms with E-state index in [9.17, 15) is 4.79 Å². The molecule has 0 radical (unpaired) electrons. The Labute approximate surface area is 171 Å². The molecule has 0 unspecified atom stereocenters. The smallest absolute Gasteiger partial charge is 0.245 e. The van der Waals surface area contributed by atoms with E-state index >= 15 is 0 Å². The number of hydrogen-bond donors (Lipinski definition) is 1. The van der Waals surface area contributed by atoms with Gasteiger partial charge in [0.1, 0.15) is 18.7 Å². The monoisotopic (exact) mass is 386 g/mol. The second-order valence-corrected chi connectivity index (χ2v) is 8.59. The zero-order chi connectivity index (χ0) is 20.0. The molecule has 0 fully saturated rings. The highest BCUT2D eigenvalue weighted by atomic mass is 16.2. The molecule has 3 aliphatic carbocycles. The number of hydrogen-bond acceptors (Lipinski definition) is 3. The molecule has 3 aromatic rings. The van der Waals surface area contributed by atoms with E-state index in [1.807, 2.05) is 13.8 Å². The van der Waals surface area contributed by atoms with Crippen molar-refractivity contribution in [2.75, 3.05) is 6.54 Å². The number of amides is 1. The van der Waals surface area contributed by atoms with Gasteiger partial charge in [0.15, 0.2) is 0 Å². The molecule has 0 aliphatic heterocycles. The fourth-order valence-corrected chi connectivity index (χ4v) is 5.39. The average molecular weight is 386 g/mol. The molecule has 29 heavy (non-hydrogen) atoms. The maximum absolute atomic E-state index is 13.0. The molecule has 2 bridgehead atoms. The minimum Gasteiger partial charge on any atom is -0.354 e. The van der Waals surface area contributed by atoms with E-state index in [0.29, 0.717) is 24.3 Å². The lowest BCUT2D eigenvalue weighted by molar-refractivity contribution is -0.126. The zero-order valence-electron chi connectivity index (χ0n) is 16.8. The number of nitrogens with one attached hydrogen (secondary N) is 1. The number of aromatic nitrogens is 3. The van der Waals surface area contributed by atoms with Gasteiger partial charge < -0.3 is 5.32 Å². The van der Waals surface area contributed by atoms with Gasteiger partial charge in [-0.2, -0.15) is 5.10 Å². The molecular formula is C24H26N4O. The SMILES string of the molecule is CC(C)[C@H](C(=O)NC[C@H]1CC2c3ccccc3C1c1ccccc12)n1cncn1. The molecule has 0 spiro atoms. The zero-order valence-corrected chi connectivity index (χ0v) is 16.8. The van der Waals surface area contributed by atoms with Crippen molar-refractivity contribution in [3.05, 3.63) is 83.4 Å². The van der Waals surface area contributed by atoms with Crippen LogP contribution >= 0.6 is 0 Å². The lowest BCUT2D eigenvalue weighted by atomic mass is 9.59. The summed E-state index contributed by atoms with van der Waals surface area (Å²) in [4.78, 5) is 17.0. The Bertz CT molecular complexity index is 979. The van der Waals surface area contributed by atoms with E-state index in [2.05, 4.69) is 63.9 Å². The number of carbonyl (C=O) groups excluding carboxylic acids is 1. The quantitative estimate of drug-likeness (QED) is 0.724. The fraction of sp³-hybridized carbons (Fsp3) is 0.375. The first-order valence-electron chi connectivity index (χ1n) is 10.4. The minimum absolute atomic E-state index is 0.0218. The van der Waals surface area contributed by atoms with Crippen LogP contribution in [-0.4, -0.2) is 27.2 Å². The number of nitrogens with zero attached hydrogens (tertiary/aromatic N) is 3. The van der Waals surface area contributed by atoms with E-state index in [-0.39, 0.29) is 17.9 Å². The highest BCUT2D eigenvalue weighted by Gasteiger charge is 2.43. The predicted octanol–water partition coefficient (Wildman–Crippen LogP) is 3.89. The van der Waals surface area contributed by atoms with Gasteiger partial charge in [0.05, 0.1) is 0 Å². The molecule has 2 aromatic carbocycles. The average Bonchev–Trinajstić information content (AvgIpc) is 3.26. The molecule has 3 aliphatic rings. The summed E-state index contributed by atoms with van der Waals surface area (Å²) in [5.41, 5.74) is 5.78. The lowest BCUT2D eigenvalue weighted by Crippen LogP contribution is -2.42. The normalized spacial score (nSPS) is 22.8. The first-order valence-corrected chi connectivity index (χ1v) is 10.4. The Kier molecular flexibility index (Phi) is 4.46. The van der Waals surface area contributed by atoms with E-state index in [1.165, 1.54) is 28.6 Å². The molecule has 148 valence electrons. The minimum atomic E-state index is -0.335.